The monoisotopic (exact) mass is 253 g/mol. The summed E-state index contributed by atoms with van der Waals surface area (Å²) >= 11 is 0. The summed E-state index contributed by atoms with van der Waals surface area (Å²) in [4.78, 5) is 13.8. The SMILES string of the molecule is CC(C)[C@](C)(C#N)NC(=O)CN1CCC[C@@H](O)C1. The zero-order valence-corrected chi connectivity index (χ0v) is 11.4. The summed E-state index contributed by atoms with van der Waals surface area (Å²) in [5.41, 5.74) is -0.828. The second-order valence-corrected chi connectivity index (χ2v) is 5.55. The van der Waals surface area contributed by atoms with Crippen molar-refractivity contribution < 1.29 is 9.90 Å². The first-order valence-electron chi connectivity index (χ1n) is 6.50. The molecule has 0 aliphatic carbocycles. The molecule has 1 heterocycles. The van der Waals surface area contributed by atoms with Crippen molar-refractivity contribution in [2.24, 2.45) is 5.92 Å². The topological polar surface area (TPSA) is 76.4 Å². The molecule has 1 fully saturated rings. The average molecular weight is 253 g/mol. The lowest BCUT2D eigenvalue weighted by Crippen LogP contribution is -2.53. The van der Waals surface area contributed by atoms with Crippen LogP contribution in [0.5, 0.6) is 0 Å². The Morgan fingerprint density at radius 1 is 1.67 bits per heavy atom. The van der Waals surface area contributed by atoms with Crippen LogP contribution in [-0.2, 0) is 4.79 Å². The second-order valence-electron chi connectivity index (χ2n) is 5.55. The number of carbonyl (C=O) groups excluding carboxylic acids is 1. The highest BCUT2D eigenvalue weighted by atomic mass is 16.3. The van der Waals surface area contributed by atoms with Gasteiger partial charge in [0.2, 0.25) is 5.91 Å². The molecule has 0 radical (unpaired) electrons. The van der Waals surface area contributed by atoms with Crippen LogP contribution in [0.25, 0.3) is 0 Å². The molecule has 1 aliphatic heterocycles. The lowest BCUT2D eigenvalue weighted by Gasteiger charge is -2.32. The number of hydrogen-bond donors (Lipinski definition) is 2. The van der Waals surface area contributed by atoms with Gasteiger partial charge in [-0.2, -0.15) is 5.26 Å². The number of piperidine rings is 1. The van der Waals surface area contributed by atoms with Gasteiger partial charge in [0.15, 0.2) is 0 Å². The van der Waals surface area contributed by atoms with Crippen LogP contribution in [0.15, 0.2) is 0 Å². The molecule has 0 unspecified atom stereocenters. The van der Waals surface area contributed by atoms with Gasteiger partial charge in [-0.05, 0) is 32.2 Å². The number of β-amino-alcohol motifs (C(OH)–C–C–N with tert-alkyl or cyclic N) is 1. The van der Waals surface area contributed by atoms with Crippen molar-refractivity contribution in [3.63, 3.8) is 0 Å². The quantitative estimate of drug-likeness (QED) is 0.765. The predicted molar refractivity (Wildman–Crippen MR) is 68.7 cm³/mol. The summed E-state index contributed by atoms with van der Waals surface area (Å²) in [6.45, 7) is 7.18. The number of nitriles is 1. The van der Waals surface area contributed by atoms with Crippen LogP contribution < -0.4 is 5.32 Å². The minimum atomic E-state index is -0.828. The smallest absolute Gasteiger partial charge is 0.235 e. The minimum absolute atomic E-state index is 0.0541. The van der Waals surface area contributed by atoms with Crippen molar-refractivity contribution in [3.8, 4) is 6.07 Å². The fraction of sp³-hybridized carbons (Fsp3) is 0.846. The van der Waals surface area contributed by atoms with Crippen LogP contribution in [0.3, 0.4) is 0 Å². The molecule has 0 aromatic carbocycles. The largest absolute Gasteiger partial charge is 0.392 e. The van der Waals surface area contributed by atoms with E-state index in [-0.39, 0.29) is 24.5 Å². The third-order valence-corrected chi connectivity index (χ3v) is 3.63. The van der Waals surface area contributed by atoms with E-state index in [0.717, 1.165) is 19.4 Å². The molecule has 5 heteroatoms. The molecular formula is C13H23N3O2. The third kappa shape index (κ3) is 3.97. The number of aliphatic hydroxyl groups is 1. The molecule has 1 saturated heterocycles. The number of carbonyl (C=O) groups is 1. The van der Waals surface area contributed by atoms with E-state index in [1.54, 1.807) is 6.92 Å². The van der Waals surface area contributed by atoms with Crippen LogP contribution >= 0.6 is 0 Å². The Bertz CT molecular complexity index is 338. The highest BCUT2D eigenvalue weighted by Gasteiger charge is 2.30. The van der Waals surface area contributed by atoms with E-state index in [0.29, 0.717) is 6.54 Å². The van der Waals surface area contributed by atoms with Gasteiger partial charge in [-0.1, -0.05) is 13.8 Å². The van der Waals surface area contributed by atoms with Gasteiger partial charge < -0.3 is 10.4 Å². The Morgan fingerprint density at radius 2 is 2.33 bits per heavy atom. The minimum Gasteiger partial charge on any atom is -0.392 e. The summed E-state index contributed by atoms with van der Waals surface area (Å²) in [6.07, 6.45) is 1.38. The van der Waals surface area contributed by atoms with Gasteiger partial charge >= 0.3 is 0 Å². The molecule has 0 bridgehead atoms. The van der Waals surface area contributed by atoms with Gasteiger partial charge in [0.1, 0.15) is 5.54 Å². The molecular weight excluding hydrogens is 230 g/mol. The maximum absolute atomic E-state index is 11.9. The number of aliphatic hydroxyl groups excluding tert-OH is 1. The van der Waals surface area contributed by atoms with E-state index in [2.05, 4.69) is 11.4 Å². The van der Waals surface area contributed by atoms with Crippen LogP contribution in [0, 0.1) is 17.2 Å². The van der Waals surface area contributed by atoms with Crippen molar-refractivity contribution in [2.45, 2.75) is 45.3 Å². The fourth-order valence-corrected chi connectivity index (χ4v) is 2.01. The summed E-state index contributed by atoms with van der Waals surface area (Å²) < 4.78 is 0. The zero-order valence-electron chi connectivity index (χ0n) is 11.4. The van der Waals surface area contributed by atoms with Gasteiger partial charge in [-0.25, -0.2) is 0 Å². The summed E-state index contributed by atoms with van der Waals surface area (Å²) in [5, 5.41) is 21.4. The molecule has 0 saturated carbocycles. The fourth-order valence-electron chi connectivity index (χ4n) is 2.01. The molecule has 0 aromatic heterocycles. The molecule has 102 valence electrons. The zero-order chi connectivity index (χ0) is 13.8. The van der Waals surface area contributed by atoms with Gasteiger partial charge in [0.25, 0.3) is 0 Å². The standard InChI is InChI=1S/C13H23N3O2/c1-10(2)13(3,9-14)15-12(18)8-16-6-4-5-11(17)7-16/h10-11,17H,4-8H2,1-3H3,(H,15,18)/t11-,13+/m1/s1. The van der Waals surface area contributed by atoms with E-state index in [4.69, 9.17) is 5.26 Å². The molecule has 18 heavy (non-hydrogen) atoms. The van der Waals surface area contributed by atoms with E-state index >= 15 is 0 Å². The van der Waals surface area contributed by atoms with Crippen molar-refractivity contribution in [2.75, 3.05) is 19.6 Å². The molecule has 1 amide bonds. The molecule has 0 spiro atoms. The Labute approximate surface area is 109 Å². The van der Waals surface area contributed by atoms with Crippen LogP contribution in [0.4, 0.5) is 0 Å². The second kappa shape index (κ2) is 6.17. The van der Waals surface area contributed by atoms with Gasteiger partial charge in [0, 0.05) is 6.54 Å². The van der Waals surface area contributed by atoms with Crippen molar-refractivity contribution in [1.82, 2.24) is 10.2 Å². The van der Waals surface area contributed by atoms with E-state index < -0.39 is 5.54 Å². The Balaban J connectivity index is 2.48. The Kier molecular flexibility index (Phi) is 5.12. The lowest BCUT2D eigenvalue weighted by atomic mass is 9.90. The summed E-state index contributed by atoms with van der Waals surface area (Å²) in [7, 11) is 0. The van der Waals surface area contributed by atoms with E-state index in [1.807, 2.05) is 18.7 Å². The van der Waals surface area contributed by atoms with E-state index in [9.17, 15) is 9.90 Å². The number of nitrogens with zero attached hydrogens (tertiary/aromatic N) is 2. The van der Waals surface area contributed by atoms with E-state index in [1.165, 1.54) is 0 Å². The van der Waals surface area contributed by atoms with Crippen LogP contribution in [-0.4, -0.2) is 47.2 Å². The first-order chi connectivity index (χ1) is 8.37. The van der Waals surface area contributed by atoms with Crippen LogP contribution in [0.1, 0.15) is 33.6 Å². The van der Waals surface area contributed by atoms with Crippen LogP contribution in [0.2, 0.25) is 0 Å². The molecule has 2 N–H and O–H groups in total. The van der Waals surface area contributed by atoms with Gasteiger partial charge in [-0.15, -0.1) is 0 Å². The third-order valence-electron chi connectivity index (χ3n) is 3.63. The predicted octanol–water partition coefficient (Wildman–Crippen LogP) is 0.498. The normalized spacial score (nSPS) is 24.3. The maximum Gasteiger partial charge on any atom is 0.235 e. The number of likely N-dealkylation sites (tertiary alicyclic amines) is 1. The number of amides is 1. The highest BCUT2D eigenvalue weighted by Crippen LogP contribution is 2.15. The number of nitrogens with one attached hydrogen (secondary N) is 1. The van der Waals surface area contributed by atoms with Crippen molar-refractivity contribution in [3.05, 3.63) is 0 Å². The Hall–Kier alpha value is -1.12. The summed E-state index contributed by atoms with van der Waals surface area (Å²) in [5.74, 6) is -0.0970. The average Bonchev–Trinajstić information content (AvgIpc) is 2.28. The first-order valence-corrected chi connectivity index (χ1v) is 6.50. The molecule has 1 aliphatic rings. The van der Waals surface area contributed by atoms with Gasteiger partial charge in [-0.3, -0.25) is 9.69 Å². The van der Waals surface area contributed by atoms with Crippen molar-refractivity contribution in [1.29, 1.82) is 5.26 Å². The summed E-state index contributed by atoms with van der Waals surface area (Å²) in [6, 6.07) is 2.15. The first kappa shape index (κ1) is 14.9. The highest BCUT2D eigenvalue weighted by molar-refractivity contribution is 5.79. The lowest BCUT2D eigenvalue weighted by molar-refractivity contribution is -0.124. The van der Waals surface area contributed by atoms with Gasteiger partial charge in [0.05, 0.1) is 18.7 Å². The number of hydrogen-bond acceptors (Lipinski definition) is 4. The van der Waals surface area contributed by atoms with Crippen molar-refractivity contribution >= 4 is 5.91 Å². The molecule has 0 aromatic rings. The molecule has 2 atom stereocenters. The molecule has 1 rings (SSSR count). The number of rotatable bonds is 4. The maximum atomic E-state index is 11.9. The Morgan fingerprint density at radius 3 is 2.83 bits per heavy atom. The molecule has 5 nitrogen and oxygen atoms in total.